The van der Waals surface area contributed by atoms with Gasteiger partial charge in [0.15, 0.2) is 5.82 Å². The van der Waals surface area contributed by atoms with Crippen molar-refractivity contribution >= 4 is 29.2 Å². The first-order valence-corrected chi connectivity index (χ1v) is 9.67. The fourth-order valence-electron chi connectivity index (χ4n) is 2.51. The minimum absolute atomic E-state index is 0.280. The predicted molar refractivity (Wildman–Crippen MR) is 117 cm³/mol. The van der Waals surface area contributed by atoms with E-state index in [2.05, 4.69) is 36.4 Å². The van der Waals surface area contributed by atoms with Crippen LogP contribution in [0.25, 0.3) is 0 Å². The van der Waals surface area contributed by atoms with Crippen LogP contribution in [0.5, 0.6) is 5.75 Å². The lowest BCUT2D eigenvalue weighted by Crippen LogP contribution is -2.32. The number of ether oxygens (including phenoxy) is 1. The van der Waals surface area contributed by atoms with E-state index in [1.54, 1.807) is 18.3 Å². The highest BCUT2D eigenvalue weighted by Crippen LogP contribution is 2.15. The summed E-state index contributed by atoms with van der Waals surface area (Å²) in [6, 6.07) is 14.4. The highest BCUT2D eigenvalue weighted by Gasteiger charge is 2.03. The smallest absolute Gasteiger partial charge is 0.319 e. The van der Waals surface area contributed by atoms with E-state index in [0.717, 1.165) is 11.3 Å². The number of amides is 2. The Morgan fingerprint density at radius 2 is 1.67 bits per heavy atom. The van der Waals surface area contributed by atoms with E-state index in [1.807, 2.05) is 50.2 Å². The number of aromatic nitrogens is 3. The second kappa shape index (κ2) is 10.6. The molecule has 0 bridgehead atoms. The quantitative estimate of drug-likeness (QED) is 0.401. The summed E-state index contributed by atoms with van der Waals surface area (Å²) in [5, 5.41) is 20.0. The van der Waals surface area contributed by atoms with Gasteiger partial charge in [-0.2, -0.15) is 0 Å². The molecule has 2 heterocycles. The van der Waals surface area contributed by atoms with Crippen LogP contribution in [-0.4, -0.2) is 40.9 Å². The Morgan fingerprint density at radius 3 is 2.33 bits per heavy atom. The van der Waals surface area contributed by atoms with Gasteiger partial charge in [-0.15, -0.1) is 10.2 Å². The van der Waals surface area contributed by atoms with Gasteiger partial charge in [-0.1, -0.05) is 6.07 Å². The van der Waals surface area contributed by atoms with Gasteiger partial charge in [-0.3, -0.25) is 0 Å². The molecule has 3 aromatic rings. The van der Waals surface area contributed by atoms with Crippen LogP contribution in [0.15, 0.2) is 54.7 Å². The number of urea groups is 1. The van der Waals surface area contributed by atoms with Gasteiger partial charge in [0.05, 0.1) is 6.61 Å². The highest BCUT2D eigenvalue weighted by atomic mass is 16.5. The molecule has 0 fully saturated rings. The molecule has 0 aliphatic carbocycles. The Kier molecular flexibility index (Phi) is 7.37. The Morgan fingerprint density at radius 1 is 0.933 bits per heavy atom. The molecule has 156 valence electrons. The van der Waals surface area contributed by atoms with E-state index in [9.17, 15) is 4.79 Å². The Labute approximate surface area is 175 Å². The van der Waals surface area contributed by atoms with Crippen molar-refractivity contribution in [2.45, 2.75) is 13.8 Å². The van der Waals surface area contributed by atoms with E-state index < -0.39 is 0 Å². The van der Waals surface area contributed by atoms with E-state index in [0.29, 0.717) is 42.8 Å². The third kappa shape index (κ3) is 6.62. The van der Waals surface area contributed by atoms with E-state index in [1.165, 1.54) is 0 Å². The maximum absolute atomic E-state index is 12.0. The van der Waals surface area contributed by atoms with Crippen molar-refractivity contribution in [3.05, 3.63) is 60.3 Å². The molecule has 0 atom stereocenters. The number of nitrogens with one attached hydrogen (secondary N) is 4. The van der Waals surface area contributed by atoms with Gasteiger partial charge in [0.2, 0.25) is 0 Å². The molecule has 0 saturated heterocycles. The van der Waals surface area contributed by atoms with Crippen LogP contribution >= 0.6 is 0 Å². The first-order valence-electron chi connectivity index (χ1n) is 9.67. The van der Waals surface area contributed by atoms with Crippen LogP contribution < -0.4 is 26.0 Å². The molecule has 2 amide bonds. The lowest BCUT2D eigenvalue weighted by atomic mass is 10.3. The summed E-state index contributed by atoms with van der Waals surface area (Å²) < 4.78 is 5.37. The van der Waals surface area contributed by atoms with Gasteiger partial charge in [-0.25, -0.2) is 9.78 Å². The van der Waals surface area contributed by atoms with Crippen molar-refractivity contribution in [2.75, 3.05) is 35.6 Å². The molecular weight excluding hydrogens is 382 g/mol. The molecule has 0 spiro atoms. The Bertz CT molecular complexity index is 929. The monoisotopic (exact) mass is 407 g/mol. The summed E-state index contributed by atoms with van der Waals surface area (Å²) in [6.45, 7) is 5.45. The zero-order chi connectivity index (χ0) is 21.2. The fraction of sp³-hybridized carbons (Fsp3) is 0.238. The molecule has 4 N–H and O–H groups in total. The normalized spacial score (nSPS) is 10.2. The first kappa shape index (κ1) is 20.8. The summed E-state index contributed by atoms with van der Waals surface area (Å²) in [4.78, 5) is 16.2. The molecule has 1 aromatic carbocycles. The number of pyridine rings is 1. The van der Waals surface area contributed by atoms with Crippen LogP contribution in [0.1, 0.15) is 12.5 Å². The number of nitrogens with zero attached hydrogens (tertiary/aromatic N) is 3. The maximum atomic E-state index is 12.0. The number of carbonyl (C=O) groups is 1. The van der Waals surface area contributed by atoms with Crippen molar-refractivity contribution in [1.82, 2.24) is 20.5 Å². The van der Waals surface area contributed by atoms with Gasteiger partial charge < -0.3 is 26.0 Å². The second-order valence-electron chi connectivity index (χ2n) is 6.41. The summed E-state index contributed by atoms with van der Waals surface area (Å²) >= 11 is 0. The summed E-state index contributed by atoms with van der Waals surface area (Å²) in [5.74, 6) is 2.69. The van der Waals surface area contributed by atoms with Crippen molar-refractivity contribution < 1.29 is 9.53 Å². The van der Waals surface area contributed by atoms with Crippen molar-refractivity contribution in [3.8, 4) is 5.75 Å². The molecular formula is C21H25N7O2. The van der Waals surface area contributed by atoms with Crippen LogP contribution in [0.3, 0.4) is 0 Å². The molecule has 9 heteroatoms. The molecule has 30 heavy (non-hydrogen) atoms. The van der Waals surface area contributed by atoms with Crippen LogP contribution in [0.4, 0.5) is 27.9 Å². The van der Waals surface area contributed by atoms with E-state index in [4.69, 9.17) is 4.74 Å². The van der Waals surface area contributed by atoms with Gasteiger partial charge in [0.1, 0.15) is 17.4 Å². The third-order valence-electron chi connectivity index (χ3n) is 3.97. The van der Waals surface area contributed by atoms with Crippen LogP contribution in [0.2, 0.25) is 0 Å². The number of benzene rings is 1. The van der Waals surface area contributed by atoms with Gasteiger partial charge in [0.25, 0.3) is 0 Å². The molecule has 2 aromatic heterocycles. The number of hydrogen-bond acceptors (Lipinski definition) is 7. The van der Waals surface area contributed by atoms with Crippen LogP contribution in [0, 0.1) is 6.92 Å². The highest BCUT2D eigenvalue weighted by molar-refractivity contribution is 5.89. The molecule has 9 nitrogen and oxygen atoms in total. The molecule has 3 rings (SSSR count). The maximum Gasteiger partial charge on any atom is 0.319 e. The minimum Gasteiger partial charge on any atom is -0.494 e. The topological polar surface area (TPSA) is 113 Å². The fourth-order valence-corrected chi connectivity index (χ4v) is 2.51. The summed E-state index contributed by atoms with van der Waals surface area (Å²) in [7, 11) is 0. The Balaban J connectivity index is 1.36. The SMILES string of the molecule is CCOc1ccc(NC(=O)NCCNc2ccc(Nc3ccc(C)cn3)nn2)cc1. The summed E-state index contributed by atoms with van der Waals surface area (Å²) in [6.07, 6.45) is 1.78. The van der Waals surface area contributed by atoms with E-state index in [-0.39, 0.29) is 6.03 Å². The number of carbonyl (C=O) groups excluding carboxylic acids is 1. The minimum atomic E-state index is -0.280. The zero-order valence-corrected chi connectivity index (χ0v) is 17.0. The average molecular weight is 407 g/mol. The Hall–Kier alpha value is -3.88. The number of aryl methyl sites for hydroxylation is 1. The molecule has 0 radical (unpaired) electrons. The van der Waals surface area contributed by atoms with Crippen molar-refractivity contribution in [2.24, 2.45) is 0 Å². The van der Waals surface area contributed by atoms with Gasteiger partial charge in [-0.05, 0) is 61.9 Å². The predicted octanol–water partition coefficient (Wildman–Crippen LogP) is 3.56. The number of rotatable bonds is 9. The van der Waals surface area contributed by atoms with Gasteiger partial charge in [0, 0.05) is 25.0 Å². The lowest BCUT2D eigenvalue weighted by Gasteiger charge is -2.10. The average Bonchev–Trinajstić information content (AvgIpc) is 2.76. The molecule has 0 unspecified atom stereocenters. The standard InChI is InChI=1S/C21H25N7O2/c1-3-30-17-7-5-16(6-8-17)25-21(29)23-13-12-22-19-10-11-20(28-27-19)26-18-9-4-15(2)14-24-18/h4-11,14H,3,12-13H2,1-2H3,(H,22,27)(H2,23,25,29)(H,24,26,28). The van der Waals surface area contributed by atoms with Crippen LogP contribution in [-0.2, 0) is 0 Å². The van der Waals surface area contributed by atoms with Crippen molar-refractivity contribution in [3.63, 3.8) is 0 Å². The largest absolute Gasteiger partial charge is 0.494 e. The lowest BCUT2D eigenvalue weighted by molar-refractivity contribution is 0.252. The molecule has 0 aliphatic heterocycles. The first-order chi connectivity index (χ1) is 14.6. The number of anilines is 4. The number of hydrogen-bond donors (Lipinski definition) is 4. The van der Waals surface area contributed by atoms with E-state index >= 15 is 0 Å². The third-order valence-corrected chi connectivity index (χ3v) is 3.97. The van der Waals surface area contributed by atoms with Crippen molar-refractivity contribution in [1.29, 1.82) is 0 Å². The molecule has 0 aliphatic rings. The zero-order valence-electron chi connectivity index (χ0n) is 17.0. The summed E-state index contributed by atoms with van der Waals surface area (Å²) in [5.41, 5.74) is 1.79. The second-order valence-corrected chi connectivity index (χ2v) is 6.41. The van der Waals surface area contributed by atoms with Gasteiger partial charge >= 0.3 is 6.03 Å². The molecule has 0 saturated carbocycles.